The number of carbonyl (C=O) groups is 2. The fourth-order valence-electron chi connectivity index (χ4n) is 3.08. The molecule has 0 aromatic heterocycles. The fourth-order valence-corrected chi connectivity index (χ4v) is 3.08. The molecule has 5 heteroatoms. The van der Waals surface area contributed by atoms with Crippen LogP contribution in [0.5, 0.6) is 0 Å². The third-order valence-electron chi connectivity index (χ3n) is 4.87. The van der Waals surface area contributed by atoms with Crippen LogP contribution < -0.4 is 0 Å². The van der Waals surface area contributed by atoms with Crippen LogP contribution in [-0.2, 0) is 4.79 Å². The molecule has 1 heterocycles. The molecule has 2 amide bonds. The van der Waals surface area contributed by atoms with Crippen LogP contribution in [0.15, 0.2) is 0 Å². The lowest BCUT2D eigenvalue weighted by Gasteiger charge is -2.33. The molecule has 0 aromatic carbocycles. The summed E-state index contributed by atoms with van der Waals surface area (Å²) in [6.07, 6.45) is 3.92. The van der Waals surface area contributed by atoms with E-state index in [4.69, 9.17) is 5.11 Å². The number of urea groups is 1. The van der Waals surface area contributed by atoms with E-state index in [-0.39, 0.29) is 23.9 Å². The summed E-state index contributed by atoms with van der Waals surface area (Å²) in [5, 5.41) is 8.73. The number of aliphatic carboxylic acids is 1. The van der Waals surface area contributed by atoms with Gasteiger partial charge in [0.25, 0.3) is 0 Å². The minimum absolute atomic E-state index is 0.0687. The molecule has 0 radical (unpaired) electrons. The van der Waals surface area contributed by atoms with Crippen molar-refractivity contribution in [3.05, 3.63) is 0 Å². The normalized spacial score (nSPS) is 17.3. The molecule has 5 nitrogen and oxygen atoms in total. The van der Waals surface area contributed by atoms with Crippen LogP contribution in [-0.4, -0.2) is 52.6 Å². The van der Waals surface area contributed by atoms with E-state index in [1.54, 1.807) is 0 Å². The highest BCUT2D eigenvalue weighted by Gasteiger charge is 2.38. The summed E-state index contributed by atoms with van der Waals surface area (Å²) in [5.41, 5.74) is 0.277. The highest BCUT2D eigenvalue weighted by molar-refractivity contribution is 5.75. The first kappa shape index (κ1) is 17.8. The second-order valence-electron chi connectivity index (χ2n) is 6.45. The van der Waals surface area contributed by atoms with Crippen LogP contribution in [0.1, 0.15) is 59.8 Å². The number of carboxylic acid groups (broad SMARTS) is 1. The summed E-state index contributed by atoms with van der Waals surface area (Å²) in [7, 11) is 0. The summed E-state index contributed by atoms with van der Waals surface area (Å²) in [5.74, 6) is -0.802. The van der Waals surface area contributed by atoms with Crippen LogP contribution in [0.2, 0.25) is 0 Å². The molecule has 0 atom stereocenters. The van der Waals surface area contributed by atoms with Crippen molar-refractivity contribution in [1.29, 1.82) is 0 Å². The Labute approximate surface area is 128 Å². The SMILES string of the molecule is CCC1(CC)CCN(C(=O)N(CCCC(=O)O)C(C)C)C1. The second kappa shape index (κ2) is 7.66. The van der Waals surface area contributed by atoms with Crippen LogP contribution in [0, 0.1) is 5.41 Å². The van der Waals surface area contributed by atoms with E-state index < -0.39 is 5.97 Å². The van der Waals surface area contributed by atoms with Crippen molar-refractivity contribution in [1.82, 2.24) is 9.80 Å². The number of hydrogen-bond acceptors (Lipinski definition) is 2. The van der Waals surface area contributed by atoms with Gasteiger partial charge >= 0.3 is 12.0 Å². The Balaban J connectivity index is 2.63. The summed E-state index contributed by atoms with van der Waals surface area (Å²) in [4.78, 5) is 27.1. The van der Waals surface area contributed by atoms with Crippen molar-refractivity contribution < 1.29 is 14.7 Å². The Kier molecular flexibility index (Phi) is 6.49. The van der Waals surface area contributed by atoms with E-state index >= 15 is 0 Å². The molecular weight excluding hydrogens is 268 g/mol. The number of carbonyl (C=O) groups excluding carboxylic acids is 1. The van der Waals surface area contributed by atoms with E-state index in [9.17, 15) is 9.59 Å². The van der Waals surface area contributed by atoms with E-state index in [1.165, 1.54) is 0 Å². The lowest BCUT2D eigenvalue weighted by Crippen LogP contribution is -2.46. The van der Waals surface area contributed by atoms with E-state index in [2.05, 4.69) is 13.8 Å². The first-order chi connectivity index (χ1) is 9.85. The molecule has 122 valence electrons. The van der Waals surface area contributed by atoms with Crippen molar-refractivity contribution in [3.63, 3.8) is 0 Å². The molecule has 21 heavy (non-hydrogen) atoms. The van der Waals surface area contributed by atoms with Gasteiger partial charge in [-0.3, -0.25) is 4.79 Å². The third kappa shape index (κ3) is 4.61. The van der Waals surface area contributed by atoms with Crippen LogP contribution in [0.4, 0.5) is 4.79 Å². The number of rotatable bonds is 7. The Morgan fingerprint density at radius 1 is 1.29 bits per heavy atom. The van der Waals surface area contributed by atoms with Crippen molar-refractivity contribution in [2.75, 3.05) is 19.6 Å². The minimum atomic E-state index is -0.802. The topological polar surface area (TPSA) is 60.9 Å². The van der Waals surface area contributed by atoms with Gasteiger partial charge < -0.3 is 14.9 Å². The predicted molar refractivity (Wildman–Crippen MR) is 83.3 cm³/mol. The largest absolute Gasteiger partial charge is 0.481 e. The summed E-state index contributed by atoms with van der Waals surface area (Å²) in [6.45, 7) is 10.5. The maximum Gasteiger partial charge on any atom is 0.320 e. The van der Waals surface area contributed by atoms with E-state index in [0.717, 1.165) is 32.4 Å². The molecule has 1 fully saturated rings. The lowest BCUT2D eigenvalue weighted by molar-refractivity contribution is -0.137. The number of likely N-dealkylation sites (tertiary alicyclic amines) is 1. The maximum absolute atomic E-state index is 12.7. The quantitative estimate of drug-likeness (QED) is 0.785. The number of hydrogen-bond donors (Lipinski definition) is 1. The average Bonchev–Trinajstić information content (AvgIpc) is 2.87. The summed E-state index contributed by atoms with van der Waals surface area (Å²) < 4.78 is 0. The number of carboxylic acids is 1. The zero-order valence-electron chi connectivity index (χ0n) is 13.9. The zero-order chi connectivity index (χ0) is 16.0. The van der Waals surface area contributed by atoms with E-state index in [0.29, 0.717) is 13.0 Å². The molecule has 0 aromatic rings. The first-order valence-corrected chi connectivity index (χ1v) is 8.12. The molecule has 1 saturated heterocycles. The van der Waals surface area contributed by atoms with Crippen molar-refractivity contribution in [2.45, 2.75) is 65.8 Å². The summed E-state index contributed by atoms with van der Waals surface area (Å²) in [6, 6.07) is 0.170. The lowest BCUT2D eigenvalue weighted by atomic mass is 9.82. The molecule has 1 aliphatic heterocycles. The Morgan fingerprint density at radius 3 is 2.33 bits per heavy atom. The smallest absolute Gasteiger partial charge is 0.320 e. The Bertz CT molecular complexity index is 365. The predicted octanol–water partition coefficient (Wildman–Crippen LogP) is 3.19. The monoisotopic (exact) mass is 298 g/mol. The van der Waals surface area contributed by atoms with Gasteiger partial charge in [0.2, 0.25) is 0 Å². The Morgan fingerprint density at radius 2 is 1.90 bits per heavy atom. The van der Waals surface area contributed by atoms with Gasteiger partial charge in [0.15, 0.2) is 0 Å². The standard InChI is InChI=1S/C16H30N2O3/c1-5-16(6-2)9-11-17(12-16)15(21)18(13(3)4)10-7-8-14(19)20/h13H,5-12H2,1-4H3,(H,19,20). The maximum atomic E-state index is 12.7. The fraction of sp³-hybridized carbons (Fsp3) is 0.875. The van der Waals surface area contributed by atoms with Gasteiger partial charge in [-0.25, -0.2) is 4.79 Å². The van der Waals surface area contributed by atoms with Crippen LogP contribution >= 0.6 is 0 Å². The molecule has 0 spiro atoms. The second-order valence-corrected chi connectivity index (χ2v) is 6.45. The Hall–Kier alpha value is -1.26. The molecule has 0 saturated carbocycles. The number of nitrogens with zero attached hydrogens (tertiary/aromatic N) is 2. The van der Waals surface area contributed by atoms with Gasteiger partial charge in [0.05, 0.1) is 0 Å². The van der Waals surface area contributed by atoms with Gasteiger partial charge in [0, 0.05) is 32.1 Å². The highest BCUT2D eigenvalue weighted by Crippen LogP contribution is 2.37. The van der Waals surface area contributed by atoms with Gasteiger partial charge in [-0.15, -0.1) is 0 Å². The number of amides is 2. The van der Waals surface area contributed by atoms with Crippen molar-refractivity contribution >= 4 is 12.0 Å². The molecular formula is C16H30N2O3. The zero-order valence-corrected chi connectivity index (χ0v) is 13.9. The van der Waals surface area contributed by atoms with Crippen molar-refractivity contribution in [3.8, 4) is 0 Å². The molecule has 1 aliphatic rings. The highest BCUT2D eigenvalue weighted by atomic mass is 16.4. The van der Waals surface area contributed by atoms with Crippen LogP contribution in [0.25, 0.3) is 0 Å². The molecule has 0 bridgehead atoms. The first-order valence-electron chi connectivity index (χ1n) is 8.12. The molecule has 1 rings (SSSR count). The molecule has 1 N–H and O–H groups in total. The average molecular weight is 298 g/mol. The third-order valence-corrected chi connectivity index (χ3v) is 4.87. The summed E-state index contributed by atoms with van der Waals surface area (Å²) >= 11 is 0. The molecule has 0 unspecified atom stereocenters. The van der Waals surface area contributed by atoms with Gasteiger partial charge in [-0.2, -0.15) is 0 Å². The van der Waals surface area contributed by atoms with Gasteiger partial charge in [-0.05, 0) is 44.9 Å². The van der Waals surface area contributed by atoms with Crippen LogP contribution in [0.3, 0.4) is 0 Å². The van der Waals surface area contributed by atoms with E-state index in [1.807, 2.05) is 23.6 Å². The van der Waals surface area contributed by atoms with Gasteiger partial charge in [-0.1, -0.05) is 13.8 Å². The van der Waals surface area contributed by atoms with Gasteiger partial charge in [0.1, 0.15) is 0 Å². The van der Waals surface area contributed by atoms with Crippen molar-refractivity contribution in [2.24, 2.45) is 5.41 Å². The molecule has 0 aliphatic carbocycles. The minimum Gasteiger partial charge on any atom is -0.481 e.